The normalized spacial score (nSPS) is 13.4. The van der Waals surface area contributed by atoms with Crippen LogP contribution in [0, 0.1) is 0 Å². The number of hydrogen-bond acceptors (Lipinski definition) is 5. The van der Waals surface area contributed by atoms with Crippen LogP contribution in [0.5, 0.6) is 0 Å². The Morgan fingerprint density at radius 1 is 0.519 bits per heavy atom. The maximum atomic E-state index is 13.1. The van der Waals surface area contributed by atoms with E-state index in [1.165, 1.54) is 141 Å². The van der Waals surface area contributed by atoms with Gasteiger partial charge in [0.15, 0.2) is 0 Å². The molecule has 0 aromatic carbocycles. The van der Waals surface area contributed by atoms with E-state index < -0.39 is 18.2 Å². The summed E-state index contributed by atoms with van der Waals surface area (Å²) in [4.78, 5) is 26.0. The minimum absolute atomic E-state index is 0.0725. The third-order valence-corrected chi connectivity index (χ3v) is 11.1. The molecule has 3 unspecified atom stereocenters. The van der Waals surface area contributed by atoms with Crippen LogP contribution in [0.3, 0.4) is 0 Å². The van der Waals surface area contributed by atoms with Gasteiger partial charge in [-0.25, -0.2) is 0 Å². The van der Waals surface area contributed by atoms with E-state index in [1.54, 1.807) is 0 Å². The summed E-state index contributed by atoms with van der Waals surface area (Å²) in [6.07, 6.45) is 45.6. The van der Waals surface area contributed by atoms with Crippen molar-refractivity contribution >= 4 is 11.9 Å². The Kier molecular flexibility index (Phi) is 41.6. The molecule has 0 spiro atoms. The topological polar surface area (TPSA) is 95.9 Å². The molecule has 54 heavy (non-hydrogen) atoms. The van der Waals surface area contributed by atoms with Gasteiger partial charge in [-0.05, 0) is 44.9 Å². The maximum absolute atomic E-state index is 13.1. The van der Waals surface area contributed by atoms with Crippen LogP contribution in [-0.4, -0.2) is 46.9 Å². The number of nitrogens with one attached hydrogen (secondary N) is 1. The van der Waals surface area contributed by atoms with Crippen molar-refractivity contribution in [1.82, 2.24) is 5.32 Å². The molecule has 0 fully saturated rings. The first-order chi connectivity index (χ1) is 26.5. The molecular weight excluding hydrogens is 671 g/mol. The molecular formula is C48H93NO5. The first-order valence-corrected chi connectivity index (χ1v) is 23.9. The average Bonchev–Trinajstić information content (AvgIpc) is 3.16. The van der Waals surface area contributed by atoms with Gasteiger partial charge in [0.05, 0.1) is 25.2 Å². The highest BCUT2D eigenvalue weighted by Gasteiger charge is 2.24. The van der Waals surface area contributed by atoms with Gasteiger partial charge < -0.3 is 20.3 Å². The zero-order valence-electron chi connectivity index (χ0n) is 36.4. The smallest absolute Gasteiger partial charge is 0.306 e. The van der Waals surface area contributed by atoms with E-state index in [-0.39, 0.29) is 24.9 Å². The molecule has 0 aliphatic carbocycles. The molecule has 0 aromatic heterocycles. The van der Waals surface area contributed by atoms with Crippen LogP contribution in [-0.2, 0) is 14.3 Å². The zero-order chi connectivity index (χ0) is 39.6. The fourth-order valence-corrected chi connectivity index (χ4v) is 7.41. The fourth-order valence-electron chi connectivity index (χ4n) is 7.41. The lowest BCUT2D eigenvalue weighted by molar-refractivity contribution is -0.151. The molecule has 1 amide bonds. The van der Waals surface area contributed by atoms with E-state index in [0.29, 0.717) is 19.3 Å². The summed E-state index contributed by atoms with van der Waals surface area (Å²) in [5, 5.41) is 23.6. The Hall–Kier alpha value is -1.40. The third kappa shape index (κ3) is 37.5. The second-order valence-electron chi connectivity index (χ2n) is 16.5. The molecule has 0 aliphatic rings. The van der Waals surface area contributed by atoms with Gasteiger partial charge in [0.25, 0.3) is 0 Å². The van der Waals surface area contributed by atoms with Crippen molar-refractivity contribution in [2.75, 3.05) is 6.61 Å². The number of unbranched alkanes of at least 4 members (excludes halogenated alkanes) is 29. The van der Waals surface area contributed by atoms with Crippen molar-refractivity contribution in [2.45, 2.75) is 277 Å². The Bertz CT molecular complexity index is 817. The maximum Gasteiger partial charge on any atom is 0.306 e. The molecule has 0 aliphatic heterocycles. The molecule has 0 radical (unpaired) electrons. The zero-order valence-corrected chi connectivity index (χ0v) is 36.4. The molecule has 0 saturated carbocycles. The minimum atomic E-state index is -0.783. The lowest BCUT2D eigenvalue weighted by Crippen LogP contribution is -2.46. The van der Waals surface area contributed by atoms with Crippen molar-refractivity contribution in [2.24, 2.45) is 0 Å². The second kappa shape index (κ2) is 42.7. The van der Waals surface area contributed by atoms with Crippen LogP contribution in [0.15, 0.2) is 12.2 Å². The van der Waals surface area contributed by atoms with Crippen molar-refractivity contribution in [3.8, 4) is 0 Å². The highest BCUT2D eigenvalue weighted by atomic mass is 16.5. The van der Waals surface area contributed by atoms with Crippen molar-refractivity contribution in [3.05, 3.63) is 12.2 Å². The summed E-state index contributed by atoms with van der Waals surface area (Å²) < 4.78 is 5.89. The number of amides is 1. The average molecular weight is 764 g/mol. The number of esters is 1. The summed E-state index contributed by atoms with van der Waals surface area (Å²) in [6.45, 7) is 6.43. The lowest BCUT2D eigenvalue weighted by atomic mass is 10.0. The molecule has 0 bridgehead atoms. The quantitative estimate of drug-likeness (QED) is 0.0326. The SMILES string of the molecule is CCCC/C=C\CCCCCC(CC(=O)NC(CO)C(O)CCCCCCCCCCCC)OC(=O)CCCCCCCCCCCCCCCCCC. The summed E-state index contributed by atoms with van der Waals surface area (Å²) in [5.74, 6) is -0.480. The minimum Gasteiger partial charge on any atom is -0.462 e. The molecule has 6 heteroatoms. The van der Waals surface area contributed by atoms with E-state index in [2.05, 4.69) is 38.2 Å². The summed E-state index contributed by atoms with van der Waals surface area (Å²) in [6, 6.07) is -0.697. The van der Waals surface area contributed by atoms with Crippen LogP contribution in [0.4, 0.5) is 0 Å². The van der Waals surface area contributed by atoms with Gasteiger partial charge in [-0.2, -0.15) is 0 Å². The van der Waals surface area contributed by atoms with Crippen molar-refractivity contribution in [3.63, 3.8) is 0 Å². The van der Waals surface area contributed by atoms with Gasteiger partial charge in [-0.1, -0.05) is 213 Å². The van der Waals surface area contributed by atoms with Gasteiger partial charge in [0.1, 0.15) is 6.10 Å². The van der Waals surface area contributed by atoms with Gasteiger partial charge >= 0.3 is 5.97 Å². The number of carbonyl (C=O) groups is 2. The molecule has 0 heterocycles. The first-order valence-electron chi connectivity index (χ1n) is 23.9. The predicted molar refractivity (Wildman–Crippen MR) is 232 cm³/mol. The van der Waals surface area contributed by atoms with E-state index >= 15 is 0 Å². The van der Waals surface area contributed by atoms with Gasteiger partial charge in [0, 0.05) is 6.42 Å². The van der Waals surface area contributed by atoms with Crippen LogP contribution < -0.4 is 5.32 Å². The van der Waals surface area contributed by atoms with Gasteiger partial charge in [0.2, 0.25) is 5.91 Å². The fraction of sp³-hybridized carbons (Fsp3) is 0.917. The molecule has 3 N–H and O–H groups in total. The predicted octanol–water partition coefficient (Wildman–Crippen LogP) is 13.8. The highest BCUT2D eigenvalue weighted by Crippen LogP contribution is 2.18. The van der Waals surface area contributed by atoms with E-state index in [9.17, 15) is 19.8 Å². The largest absolute Gasteiger partial charge is 0.462 e. The van der Waals surface area contributed by atoms with Crippen LogP contribution in [0.25, 0.3) is 0 Å². The van der Waals surface area contributed by atoms with Crippen LogP contribution in [0.1, 0.15) is 258 Å². The summed E-state index contributed by atoms with van der Waals surface area (Å²) >= 11 is 0. The molecule has 0 rings (SSSR count). The van der Waals surface area contributed by atoms with Crippen LogP contribution >= 0.6 is 0 Å². The summed E-state index contributed by atoms with van der Waals surface area (Å²) in [5.41, 5.74) is 0. The Morgan fingerprint density at radius 2 is 0.907 bits per heavy atom. The number of aliphatic hydroxyl groups excluding tert-OH is 2. The number of carbonyl (C=O) groups excluding carboxylic acids is 2. The van der Waals surface area contributed by atoms with Gasteiger partial charge in [-0.3, -0.25) is 9.59 Å². The standard InChI is InChI=1S/C48H93NO5/c1-4-7-10-13-16-19-21-22-23-24-25-26-29-32-35-38-41-48(53)54-44(39-36-33-30-27-18-15-12-9-6-3)42-47(52)49-45(43-50)46(51)40-37-34-31-28-20-17-14-11-8-5-2/h15,18,44-46,50-51H,4-14,16-17,19-43H2,1-3H3,(H,49,52)/b18-15-. The number of ether oxygens (including phenoxy) is 1. The summed E-state index contributed by atoms with van der Waals surface area (Å²) in [7, 11) is 0. The lowest BCUT2D eigenvalue weighted by Gasteiger charge is -2.24. The Labute approximate surface area is 336 Å². The van der Waals surface area contributed by atoms with Crippen LogP contribution in [0.2, 0.25) is 0 Å². The Balaban J connectivity index is 4.45. The molecule has 0 saturated heterocycles. The van der Waals surface area contributed by atoms with E-state index in [1.807, 2.05) is 0 Å². The molecule has 6 nitrogen and oxygen atoms in total. The molecule has 320 valence electrons. The number of allylic oxidation sites excluding steroid dienone is 2. The number of aliphatic hydroxyl groups is 2. The number of hydrogen-bond donors (Lipinski definition) is 3. The highest BCUT2D eigenvalue weighted by molar-refractivity contribution is 5.77. The first kappa shape index (κ1) is 52.6. The monoisotopic (exact) mass is 764 g/mol. The van der Waals surface area contributed by atoms with Crippen molar-refractivity contribution in [1.29, 1.82) is 0 Å². The van der Waals surface area contributed by atoms with Crippen molar-refractivity contribution < 1.29 is 24.5 Å². The van der Waals surface area contributed by atoms with Gasteiger partial charge in [-0.15, -0.1) is 0 Å². The van der Waals surface area contributed by atoms with E-state index in [4.69, 9.17) is 4.74 Å². The number of rotatable bonds is 43. The Morgan fingerprint density at radius 3 is 1.37 bits per heavy atom. The second-order valence-corrected chi connectivity index (χ2v) is 16.5. The third-order valence-electron chi connectivity index (χ3n) is 11.1. The molecule has 3 atom stereocenters. The molecule has 0 aromatic rings. The van der Waals surface area contributed by atoms with E-state index in [0.717, 1.165) is 70.6 Å².